The molecule has 24 heavy (non-hydrogen) atoms. The minimum atomic E-state index is 0.394. The maximum atomic E-state index is 5.49. The van der Waals surface area contributed by atoms with Gasteiger partial charge in [-0.25, -0.2) is 9.97 Å². The summed E-state index contributed by atoms with van der Waals surface area (Å²) in [4.78, 5) is 10.7. The molecule has 1 N–H and O–H groups in total. The lowest BCUT2D eigenvalue weighted by Crippen LogP contribution is -2.41. The predicted molar refractivity (Wildman–Crippen MR) is 93.5 cm³/mol. The molecule has 1 aromatic heterocycles. The van der Waals surface area contributed by atoms with Crippen LogP contribution in [0.5, 0.6) is 11.5 Å². The first kappa shape index (κ1) is 16.5. The summed E-state index contributed by atoms with van der Waals surface area (Å²) < 4.78 is 10.8. The molecule has 3 rings (SSSR count). The first-order valence-electron chi connectivity index (χ1n) is 8.24. The Bertz CT molecular complexity index is 651. The van der Waals surface area contributed by atoms with Crippen molar-refractivity contribution >= 4 is 5.82 Å². The van der Waals surface area contributed by atoms with Crippen molar-refractivity contribution in [2.24, 2.45) is 0 Å². The van der Waals surface area contributed by atoms with Crippen molar-refractivity contribution < 1.29 is 9.47 Å². The molecule has 2 heterocycles. The lowest BCUT2D eigenvalue weighted by atomic mass is 10.0. The van der Waals surface area contributed by atoms with Crippen LogP contribution in [0.3, 0.4) is 0 Å². The number of hydrogen-bond donors (Lipinski definition) is 1. The maximum absolute atomic E-state index is 5.49. The normalized spacial score (nSPS) is 18.2. The van der Waals surface area contributed by atoms with Gasteiger partial charge >= 0.3 is 0 Å². The average molecular weight is 328 g/mol. The summed E-state index contributed by atoms with van der Waals surface area (Å²) in [6, 6.07) is 8.25. The Hall–Kier alpha value is -2.34. The number of likely N-dealkylation sites (tertiary alicyclic amines) is 1. The van der Waals surface area contributed by atoms with Crippen LogP contribution in [0.25, 0.3) is 0 Å². The number of nitrogens with zero attached hydrogens (tertiary/aromatic N) is 3. The molecule has 6 heteroatoms. The molecule has 0 amide bonds. The third-order valence-electron chi connectivity index (χ3n) is 4.32. The maximum Gasteiger partial charge on any atom is 0.129 e. The summed E-state index contributed by atoms with van der Waals surface area (Å²) in [7, 11) is 3.40. The van der Waals surface area contributed by atoms with Crippen LogP contribution in [0.4, 0.5) is 5.82 Å². The molecule has 6 nitrogen and oxygen atoms in total. The topological polar surface area (TPSA) is 59.5 Å². The van der Waals surface area contributed by atoms with Crippen molar-refractivity contribution in [1.82, 2.24) is 14.9 Å². The molecule has 0 aliphatic carbocycles. The van der Waals surface area contributed by atoms with E-state index < -0.39 is 0 Å². The van der Waals surface area contributed by atoms with E-state index in [1.54, 1.807) is 26.7 Å². The molecule has 0 bridgehead atoms. The van der Waals surface area contributed by atoms with Gasteiger partial charge < -0.3 is 14.8 Å². The molecule has 2 aromatic rings. The van der Waals surface area contributed by atoms with E-state index in [1.807, 2.05) is 18.2 Å². The zero-order valence-electron chi connectivity index (χ0n) is 14.2. The van der Waals surface area contributed by atoms with E-state index in [-0.39, 0.29) is 0 Å². The highest BCUT2D eigenvalue weighted by Gasteiger charge is 2.21. The van der Waals surface area contributed by atoms with Gasteiger partial charge in [0.15, 0.2) is 0 Å². The molecule has 1 unspecified atom stereocenters. The van der Waals surface area contributed by atoms with E-state index in [0.29, 0.717) is 6.04 Å². The average Bonchev–Trinajstić information content (AvgIpc) is 2.63. The molecular formula is C18H24N4O2. The molecule has 1 atom stereocenters. The molecule has 1 aromatic carbocycles. The Balaban J connectivity index is 1.65. The molecule has 1 aliphatic heterocycles. The van der Waals surface area contributed by atoms with Crippen LogP contribution < -0.4 is 14.8 Å². The largest absolute Gasteiger partial charge is 0.497 e. The SMILES string of the molecule is COc1ccc(OC)c(CN2CCCC(Nc3ccncn3)C2)c1. The van der Waals surface area contributed by atoms with Crippen molar-refractivity contribution in [3.8, 4) is 11.5 Å². The highest BCUT2D eigenvalue weighted by atomic mass is 16.5. The molecule has 0 spiro atoms. The van der Waals surface area contributed by atoms with Crippen molar-refractivity contribution in [3.63, 3.8) is 0 Å². The smallest absolute Gasteiger partial charge is 0.129 e. The number of ether oxygens (including phenoxy) is 2. The van der Waals surface area contributed by atoms with Crippen LogP contribution in [0.15, 0.2) is 36.8 Å². The fraction of sp³-hybridized carbons (Fsp3) is 0.444. The number of methoxy groups -OCH3 is 2. The van der Waals surface area contributed by atoms with Crippen molar-refractivity contribution in [2.75, 3.05) is 32.6 Å². The number of hydrogen-bond acceptors (Lipinski definition) is 6. The third kappa shape index (κ3) is 4.14. The summed E-state index contributed by atoms with van der Waals surface area (Å²) >= 11 is 0. The molecule has 1 saturated heterocycles. The fourth-order valence-electron chi connectivity index (χ4n) is 3.15. The number of piperidine rings is 1. The van der Waals surface area contributed by atoms with E-state index >= 15 is 0 Å². The Morgan fingerprint density at radius 1 is 1.25 bits per heavy atom. The Kier molecular flexibility index (Phi) is 5.48. The van der Waals surface area contributed by atoms with Crippen molar-refractivity contribution in [3.05, 3.63) is 42.4 Å². The fourth-order valence-corrected chi connectivity index (χ4v) is 3.15. The molecule has 0 radical (unpaired) electrons. The Labute approximate surface area is 142 Å². The second kappa shape index (κ2) is 7.97. The Morgan fingerprint density at radius 3 is 2.92 bits per heavy atom. The van der Waals surface area contributed by atoms with E-state index in [0.717, 1.165) is 55.4 Å². The highest BCUT2D eigenvalue weighted by Crippen LogP contribution is 2.26. The molecule has 1 aliphatic rings. The first-order valence-corrected chi connectivity index (χ1v) is 8.24. The van der Waals surface area contributed by atoms with Crippen LogP contribution in [0, 0.1) is 0 Å². The van der Waals surface area contributed by atoms with Gasteiger partial charge in [0.25, 0.3) is 0 Å². The van der Waals surface area contributed by atoms with Crippen LogP contribution in [-0.4, -0.2) is 48.2 Å². The van der Waals surface area contributed by atoms with E-state index in [2.05, 4.69) is 26.3 Å². The lowest BCUT2D eigenvalue weighted by molar-refractivity contribution is 0.206. The summed E-state index contributed by atoms with van der Waals surface area (Å²) in [6.07, 6.45) is 5.64. The predicted octanol–water partition coefficient (Wildman–Crippen LogP) is 2.57. The molecule has 128 valence electrons. The van der Waals surface area contributed by atoms with E-state index in [4.69, 9.17) is 9.47 Å². The number of anilines is 1. The van der Waals surface area contributed by atoms with Gasteiger partial charge in [0.05, 0.1) is 14.2 Å². The molecule has 1 fully saturated rings. The number of benzene rings is 1. The van der Waals surface area contributed by atoms with Crippen LogP contribution in [0.1, 0.15) is 18.4 Å². The second-order valence-electron chi connectivity index (χ2n) is 5.99. The van der Waals surface area contributed by atoms with Gasteiger partial charge in [0.1, 0.15) is 23.6 Å². The minimum absolute atomic E-state index is 0.394. The van der Waals surface area contributed by atoms with Gasteiger partial charge in [-0.1, -0.05) is 0 Å². The van der Waals surface area contributed by atoms with Gasteiger partial charge in [0, 0.05) is 30.9 Å². The van der Waals surface area contributed by atoms with Gasteiger partial charge in [0.2, 0.25) is 0 Å². The van der Waals surface area contributed by atoms with E-state index in [9.17, 15) is 0 Å². The first-order chi connectivity index (χ1) is 11.8. The minimum Gasteiger partial charge on any atom is -0.497 e. The lowest BCUT2D eigenvalue weighted by Gasteiger charge is -2.33. The number of rotatable bonds is 6. The zero-order chi connectivity index (χ0) is 16.8. The zero-order valence-corrected chi connectivity index (χ0v) is 14.2. The summed E-state index contributed by atoms with van der Waals surface area (Å²) in [6.45, 7) is 2.91. The highest BCUT2D eigenvalue weighted by molar-refractivity contribution is 5.40. The van der Waals surface area contributed by atoms with Crippen molar-refractivity contribution in [1.29, 1.82) is 0 Å². The van der Waals surface area contributed by atoms with Gasteiger partial charge in [-0.3, -0.25) is 4.90 Å². The molecular weight excluding hydrogens is 304 g/mol. The summed E-state index contributed by atoms with van der Waals surface area (Å²) in [5.74, 6) is 2.65. The second-order valence-corrected chi connectivity index (χ2v) is 5.99. The van der Waals surface area contributed by atoms with Gasteiger partial charge in [-0.15, -0.1) is 0 Å². The van der Waals surface area contributed by atoms with Crippen molar-refractivity contribution in [2.45, 2.75) is 25.4 Å². The van der Waals surface area contributed by atoms with Crippen LogP contribution in [0.2, 0.25) is 0 Å². The quantitative estimate of drug-likeness (QED) is 0.879. The van der Waals surface area contributed by atoms with Gasteiger partial charge in [-0.2, -0.15) is 0 Å². The number of aromatic nitrogens is 2. The number of nitrogens with one attached hydrogen (secondary N) is 1. The Morgan fingerprint density at radius 2 is 2.17 bits per heavy atom. The van der Waals surface area contributed by atoms with E-state index in [1.165, 1.54) is 0 Å². The monoisotopic (exact) mass is 328 g/mol. The third-order valence-corrected chi connectivity index (χ3v) is 4.32. The van der Waals surface area contributed by atoms with Gasteiger partial charge in [-0.05, 0) is 43.7 Å². The summed E-state index contributed by atoms with van der Waals surface area (Å²) in [5.41, 5.74) is 1.15. The van der Waals surface area contributed by atoms with Crippen LogP contribution in [-0.2, 0) is 6.54 Å². The van der Waals surface area contributed by atoms with Crippen LogP contribution >= 0.6 is 0 Å². The summed E-state index contributed by atoms with van der Waals surface area (Å²) in [5, 5.41) is 3.50. The standard InChI is InChI=1S/C18H24N4O2/c1-23-16-5-6-17(24-2)14(10-16)11-22-9-3-4-15(12-22)21-18-7-8-19-13-20-18/h5-8,10,13,15H,3-4,9,11-12H2,1-2H3,(H,19,20,21). The molecule has 0 saturated carbocycles.